The fourth-order valence-corrected chi connectivity index (χ4v) is 4.25. The molecule has 0 amide bonds. The Morgan fingerprint density at radius 1 is 1.03 bits per heavy atom. The number of hydrogen-bond acceptors (Lipinski definition) is 2. The molecule has 2 heterocycles. The fourth-order valence-electron chi connectivity index (χ4n) is 4.25. The Hall–Kier alpha value is -1.86. The Balaban J connectivity index is 0.00000240. The Morgan fingerprint density at radius 3 is 2.45 bits per heavy atom. The van der Waals surface area contributed by atoms with Crippen LogP contribution in [-0.2, 0) is 11.9 Å². The molecule has 0 radical (unpaired) electrons. The van der Waals surface area contributed by atoms with Crippen molar-refractivity contribution in [1.82, 2.24) is 0 Å². The second-order valence-corrected chi connectivity index (χ2v) is 7.71. The van der Waals surface area contributed by atoms with Gasteiger partial charge in [-0.2, -0.15) is 18.1 Å². The monoisotopic (exact) mass is 469 g/mol. The van der Waals surface area contributed by atoms with Crippen molar-refractivity contribution in [2.45, 2.75) is 44.5 Å². The van der Waals surface area contributed by atoms with Crippen LogP contribution in [0.15, 0.2) is 48.5 Å². The smallest absolute Gasteiger partial charge is 0.346 e. The van der Waals surface area contributed by atoms with Gasteiger partial charge in [-0.25, -0.2) is 0 Å². The van der Waals surface area contributed by atoms with Crippen LogP contribution in [0.2, 0.25) is 0 Å². The van der Waals surface area contributed by atoms with Gasteiger partial charge in [0.2, 0.25) is 0 Å². The highest BCUT2D eigenvalue weighted by Gasteiger charge is 2.54. The van der Waals surface area contributed by atoms with Crippen LogP contribution in [0.25, 0.3) is 0 Å². The van der Waals surface area contributed by atoms with E-state index in [1.54, 1.807) is 11.0 Å². The van der Waals surface area contributed by atoms with Crippen LogP contribution in [0.3, 0.4) is 0 Å². The lowest BCUT2D eigenvalue weighted by Gasteiger charge is -2.29. The van der Waals surface area contributed by atoms with Gasteiger partial charge in [-0.15, -0.1) is 17.0 Å². The first-order valence-corrected chi connectivity index (χ1v) is 9.67. The quantitative estimate of drug-likeness (QED) is 0.608. The van der Waals surface area contributed by atoms with Crippen LogP contribution in [0.1, 0.15) is 42.4 Å². The highest BCUT2D eigenvalue weighted by atomic mass is 79.9. The predicted octanol–water partition coefficient (Wildman–Crippen LogP) is 5.24. The number of benzene rings is 2. The summed E-state index contributed by atoms with van der Waals surface area (Å²) in [5, 5.41) is 11.8. The van der Waals surface area contributed by atoms with Crippen molar-refractivity contribution in [3.05, 3.63) is 65.2 Å². The summed E-state index contributed by atoms with van der Waals surface area (Å²) in [4.78, 5) is 1.72. The Bertz CT molecular complexity index is 911. The second kappa shape index (κ2) is 8.11. The summed E-state index contributed by atoms with van der Waals surface area (Å²) < 4.78 is 42.1. The summed E-state index contributed by atoms with van der Waals surface area (Å²) in [6, 6.07) is 12.8. The van der Waals surface area contributed by atoms with Crippen LogP contribution < -0.4 is 4.90 Å². The van der Waals surface area contributed by atoms with Crippen molar-refractivity contribution in [3.63, 3.8) is 0 Å². The van der Waals surface area contributed by atoms with E-state index in [2.05, 4.69) is 4.58 Å². The molecule has 1 unspecified atom stereocenters. The number of nitrogens with zero attached hydrogens (tertiary/aromatic N) is 2. The van der Waals surface area contributed by atoms with Gasteiger partial charge in [0.05, 0.1) is 12.1 Å². The lowest BCUT2D eigenvalue weighted by atomic mass is 9.98. The van der Waals surface area contributed by atoms with Gasteiger partial charge in [-0.3, -0.25) is 4.58 Å². The van der Waals surface area contributed by atoms with E-state index < -0.39 is 17.5 Å². The van der Waals surface area contributed by atoms with E-state index in [9.17, 15) is 18.3 Å². The summed E-state index contributed by atoms with van der Waals surface area (Å²) in [6.45, 7) is 3.12. The van der Waals surface area contributed by atoms with Crippen LogP contribution in [-0.4, -0.2) is 28.6 Å². The van der Waals surface area contributed by atoms with Crippen molar-refractivity contribution in [2.75, 3.05) is 18.0 Å². The number of hydrogen-bond donors (Lipinski definition) is 1. The van der Waals surface area contributed by atoms with Gasteiger partial charge in [0.25, 0.3) is 11.6 Å². The van der Waals surface area contributed by atoms with Gasteiger partial charge < -0.3 is 5.11 Å². The van der Waals surface area contributed by atoms with E-state index in [-0.39, 0.29) is 17.0 Å². The molecule has 7 heteroatoms. The second-order valence-electron chi connectivity index (χ2n) is 7.71. The van der Waals surface area contributed by atoms with E-state index in [0.29, 0.717) is 17.8 Å². The first kappa shape index (κ1) is 21.8. The summed E-state index contributed by atoms with van der Waals surface area (Å²) >= 11 is 0. The van der Waals surface area contributed by atoms with Crippen molar-refractivity contribution in [1.29, 1.82) is 0 Å². The summed E-state index contributed by atoms with van der Waals surface area (Å²) in [5.41, 5.74) is 0.0281. The number of alkyl halides is 3. The minimum Gasteiger partial charge on any atom is -0.346 e. The third-order valence-electron chi connectivity index (χ3n) is 5.68. The lowest BCUT2D eigenvalue weighted by Crippen LogP contribution is -2.47. The van der Waals surface area contributed by atoms with E-state index in [1.807, 2.05) is 31.2 Å². The maximum atomic E-state index is 13.3. The average Bonchev–Trinajstić information content (AvgIpc) is 2.78. The highest BCUT2D eigenvalue weighted by Crippen LogP contribution is 2.40. The molecule has 0 fully saturated rings. The molecule has 0 bridgehead atoms. The van der Waals surface area contributed by atoms with E-state index in [4.69, 9.17) is 0 Å². The first-order chi connectivity index (χ1) is 13.3. The van der Waals surface area contributed by atoms with Gasteiger partial charge in [0.15, 0.2) is 6.54 Å². The molecule has 0 aromatic heterocycles. The van der Waals surface area contributed by atoms with Crippen LogP contribution in [0.4, 0.5) is 18.9 Å². The van der Waals surface area contributed by atoms with Crippen molar-refractivity contribution < 1.29 is 22.9 Å². The molecule has 4 rings (SSSR count). The van der Waals surface area contributed by atoms with E-state index >= 15 is 0 Å². The number of aliphatic hydroxyl groups is 1. The molecule has 2 aliphatic rings. The number of halogens is 4. The Kier molecular flexibility index (Phi) is 6.11. The number of aryl methyl sites for hydroxylation is 1. The molecule has 0 spiro atoms. The van der Waals surface area contributed by atoms with Gasteiger partial charge in [0.1, 0.15) is 5.69 Å². The number of amidine groups is 1. The molecule has 3 nitrogen and oxygen atoms in total. The van der Waals surface area contributed by atoms with E-state index in [0.717, 1.165) is 55.8 Å². The number of anilines is 1. The molecule has 2 aromatic carbocycles. The van der Waals surface area contributed by atoms with Gasteiger partial charge in [-0.1, -0.05) is 35.9 Å². The lowest BCUT2D eigenvalue weighted by molar-refractivity contribution is -0.534. The zero-order valence-corrected chi connectivity index (χ0v) is 18.0. The molecule has 0 aliphatic carbocycles. The molecule has 0 saturated carbocycles. The van der Waals surface area contributed by atoms with Gasteiger partial charge in [0, 0.05) is 12.0 Å². The highest BCUT2D eigenvalue weighted by molar-refractivity contribution is 8.93. The van der Waals surface area contributed by atoms with E-state index in [1.165, 1.54) is 6.07 Å². The normalized spacial score (nSPS) is 22.2. The molecule has 29 heavy (non-hydrogen) atoms. The zero-order chi connectivity index (χ0) is 19.9. The van der Waals surface area contributed by atoms with Crippen LogP contribution in [0, 0.1) is 6.92 Å². The topological polar surface area (TPSA) is 26.5 Å². The molecule has 0 saturated heterocycles. The molecule has 2 aliphatic heterocycles. The summed E-state index contributed by atoms with van der Waals surface area (Å²) in [7, 11) is 0. The summed E-state index contributed by atoms with van der Waals surface area (Å²) in [6.07, 6.45) is -0.621. The zero-order valence-electron chi connectivity index (χ0n) is 16.2. The van der Waals surface area contributed by atoms with Crippen LogP contribution >= 0.6 is 17.0 Å². The fraction of sp³-hybridized carbons (Fsp3) is 0.409. The third-order valence-corrected chi connectivity index (χ3v) is 5.68. The average molecular weight is 470 g/mol. The minimum absolute atomic E-state index is 0. The predicted molar refractivity (Wildman–Crippen MR) is 113 cm³/mol. The molecular formula is C22H25BrF3N2O+. The third kappa shape index (κ3) is 4.08. The van der Waals surface area contributed by atoms with Crippen molar-refractivity contribution in [2.24, 2.45) is 0 Å². The standard InChI is InChI=1S/C22H24F3N2O.BrH/c1-16-9-11-17(12-10-16)21(28)15-26-13-4-2-3-8-20(26)27(21)19-7-5-6-18(14-19)22(23,24)25;/h5-7,9-12,14,28H,2-4,8,13,15H2,1H3;1H/q+1;. The Morgan fingerprint density at radius 2 is 1.76 bits per heavy atom. The van der Waals surface area contributed by atoms with Gasteiger partial charge in [-0.05, 0) is 44.4 Å². The van der Waals surface area contributed by atoms with Crippen LogP contribution in [0.5, 0.6) is 0 Å². The molecule has 1 atom stereocenters. The Labute approximate surface area is 179 Å². The molecule has 1 N–H and O–H groups in total. The number of rotatable bonds is 2. The van der Waals surface area contributed by atoms with Crippen molar-refractivity contribution in [3.8, 4) is 0 Å². The molecule has 2 aromatic rings. The summed E-state index contributed by atoms with van der Waals surface area (Å²) in [5.74, 6) is 0.903. The minimum atomic E-state index is -4.43. The maximum absolute atomic E-state index is 13.3. The first-order valence-electron chi connectivity index (χ1n) is 9.67. The maximum Gasteiger partial charge on any atom is 0.416 e. The van der Waals surface area contributed by atoms with Crippen molar-refractivity contribution >= 4 is 28.5 Å². The SMILES string of the molecule is Br.Cc1ccc(C2(O)C[N+]3=C(CCCCC3)N2c2cccc(C(F)(F)F)c2)cc1. The largest absolute Gasteiger partial charge is 0.416 e. The molecule has 156 valence electrons. The van der Waals surface area contributed by atoms with Gasteiger partial charge >= 0.3 is 6.18 Å². The molecular weight excluding hydrogens is 445 g/mol.